The Hall–Kier alpha value is -1.73. The summed E-state index contributed by atoms with van der Waals surface area (Å²) in [6.45, 7) is 1.58. The highest BCUT2D eigenvalue weighted by atomic mass is 16.8. The quantitative estimate of drug-likeness (QED) is 0.0322. The number of hydrogen-bond donors (Lipinski definition) is 12. The molecule has 3 aliphatic rings. The van der Waals surface area contributed by atoms with Crippen LogP contribution >= 0.6 is 0 Å². The van der Waals surface area contributed by atoms with Gasteiger partial charge >= 0.3 is 0 Å². The van der Waals surface area contributed by atoms with E-state index < -0.39 is 124 Å². The van der Waals surface area contributed by atoms with Gasteiger partial charge in [-0.2, -0.15) is 0 Å². The van der Waals surface area contributed by atoms with Gasteiger partial charge in [0.2, 0.25) is 5.91 Å². The lowest BCUT2D eigenvalue weighted by Crippen LogP contribution is -2.66. The number of carbonyl (C=O) groups is 1. The highest BCUT2D eigenvalue weighted by Crippen LogP contribution is 2.33. The molecule has 3 fully saturated rings. The van der Waals surface area contributed by atoms with E-state index in [9.17, 15) is 61.0 Å². The molecule has 17 atom stereocenters. The maximum atomic E-state index is 13.1. The molecule has 3 heterocycles. The van der Waals surface area contributed by atoms with Gasteiger partial charge in [0, 0.05) is 6.42 Å². The molecule has 0 aromatic carbocycles. The number of amides is 1. The number of nitrogens with one attached hydrogen (secondary N) is 1. The van der Waals surface area contributed by atoms with E-state index in [2.05, 4.69) is 31.3 Å². The van der Waals surface area contributed by atoms with Crippen LogP contribution in [0.4, 0.5) is 0 Å². The summed E-state index contributed by atoms with van der Waals surface area (Å²) >= 11 is 0. The van der Waals surface area contributed by atoms with Gasteiger partial charge in [-0.25, -0.2) is 0 Å². The van der Waals surface area contributed by atoms with E-state index in [0.717, 1.165) is 51.4 Å². The molecule has 3 saturated heterocycles. The minimum atomic E-state index is -1.98. The molecule has 0 spiro atoms. The minimum absolute atomic E-state index is 0.235. The van der Waals surface area contributed by atoms with Gasteiger partial charge < -0.3 is 89.9 Å². The van der Waals surface area contributed by atoms with Crippen LogP contribution < -0.4 is 5.32 Å². The second kappa shape index (κ2) is 32.2. The number of aliphatic hydroxyl groups is 11. The molecule has 0 aliphatic carbocycles. The van der Waals surface area contributed by atoms with Crippen LogP contribution in [0.15, 0.2) is 24.3 Å². The number of aliphatic hydroxyl groups excluding tert-OH is 11. The minimum Gasteiger partial charge on any atom is -0.394 e. The van der Waals surface area contributed by atoms with Crippen LogP contribution in [0, 0.1) is 0 Å². The van der Waals surface area contributed by atoms with E-state index in [1.165, 1.54) is 44.9 Å². The fourth-order valence-corrected chi connectivity index (χ4v) is 8.14. The Labute approximate surface area is 384 Å². The highest BCUT2D eigenvalue weighted by Gasteiger charge is 2.53. The van der Waals surface area contributed by atoms with E-state index in [0.29, 0.717) is 12.8 Å². The van der Waals surface area contributed by atoms with Crippen molar-refractivity contribution < 1.29 is 89.4 Å². The zero-order chi connectivity index (χ0) is 47.7. The third kappa shape index (κ3) is 18.9. The highest BCUT2D eigenvalue weighted by molar-refractivity contribution is 5.76. The van der Waals surface area contributed by atoms with E-state index in [4.69, 9.17) is 28.4 Å². The molecule has 65 heavy (non-hydrogen) atoms. The molecular formula is C46H83NO18. The molecule has 17 unspecified atom stereocenters. The van der Waals surface area contributed by atoms with Gasteiger partial charge in [-0.1, -0.05) is 115 Å². The molecule has 0 bridgehead atoms. The Bertz CT molecular complexity index is 1310. The number of hydrogen-bond acceptors (Lipinski definition) is 18. The van der Waals surface area contributed by atoms with Gasteiger partial charge in [0.25, 0.3) is 0 Å². The molecule has 3 rings (SSSR count). The summed E-state index contributed by atoms with van der Waals surface area (Å²) in [7, 11) is 0. The maximum absolute atomic E-state index is 13.1. The molecule has 12 N–H and O–H groups in total. The predicted octanol–water partition coefficient (Wildman–Crippen LogP) is 0.471. The van der Waals surface area contributed by atoms with Crippen LogP contribution in [-0.4, -0.2) is 193 Å². The fraction of sp³-hybridized carbons (Fsp3) is 0.891. The lowest BCUT2D eigenvalue weighted by Gasteiger charge is -2.48. The van der Waals surface area contributed by atoms with E-state index in [1.807, 2.05) is 6.08 Å². The summed E-state index contributed by atoms with van der Waals surface area (Å²) in [4.78, 5) is 13.1. The van der Waals surface area contributed by atoms with Crippen molar-refractivity contribution >= 4 is 5.91 Å². The first-order valence-corrected chi connectivity index (χ1v) is 24.1. The van der Waals surface area contributed by atoms with E-state index in [-0.39, 0.29) is 18.9 Å². The average molecular weight is 938 g/mol. The summed E-state index contributed by atoms with van der Waals surface area (Å²) in [5.41, 5.74) is 0. The largest absolute Gasteiger partial charge is 0.394 e. The topological polar surface area (TPSA) is 307 Å². The zero-order valence-electron chi connectivity index (χ0n) is 38.5. The molecule has 19 heteroatoms. The van der Waals surface area contributed by atoms with Crippen molar-refractivity contribution in [3.05, 3.63) is 24.3 Å². The van der Waals surface area contributed by atoms with Crippen molar-refractivity contribution in [3.8, 4) is 0 Å². The molecule has 3 aliphatic heterocycles. The summed E-state index contributed by atoms with van der Waals surface area (Å²) in [6.07, 6.45) is -0.568. The number of ether oxygens (including phenoxy) is 6. The van der Waals surface area contributed by atoms with Crippen molar-refractivity contribution in [3.63, 3.8) is 0 Å². The van der Waals surface area contributed by atoms with Crippen molar-refractivity contribution in [1.29, 1.82) is 0 Å². The van der Waals surface area contributed by atoms with Gasteiger partial charge in [-0.05, 0) is 32.1 Å². The second-order valence-electron chi connectivity index (χ2n) is 17.6. The fourth-order valence-electron chi connectivity index (χ4n) is 8.14. The predicted molar refractivity (Wildman–Crippen MR) is 236 cm³/mol. The normalized spacial score (nSPS) is 34.3. The van der Waals surface area contributed by atoms with Crippen molar-refractivity contribution in [1.82, 2.24) is 5.32 Å². The van der Waals surface area contributed by atoms with Crippen LogP contribution in [-0.2, 0) is 33.2 Å². The summed E-state index contributed by atoms with van der Waals surface area (Å²) in [6, 6.07) is -0.980. The first-order valence-electron chi connectivity index (χ1n) is 24.1. The Morgan fingerprint density at radius 1 is 0.538 bits per heavy atom. The first kappa shape index (κ1) is 57.6. The third-order valence-corrected chi connectivity index (χ3v) is 12.3. The van der Waals surface area contributed by atoms with Gasteiger partial charge in [-0.15, -0.1) is 0 Å². The van der Waals surface area contributed by atoms with Crippen LogP contribution in [0.2, 0.25) is 0 Å². The summed E-state index contributed by atoms with van der Waals surface area (Å²) in [5, 5.41) is 119. The molecule has 19 nitrogen and oxygen atoms in total. The maximum Gasteiger partial charge on any atom is 0.220 e. The number of carbonyl (C=O) groups excluding carboxylic acids is 1. The Balaban J connectivity index is 1.60. The van der Waals surface area contributed by atoms with Crippen molar-refractivity contribution in [2.24, 2.45) is 0 Å². The third-order valence-electron chi connectivity index (χ3n) is 12.3. The number of unbranched alkanes of at least 4 members (excludes halogenated alkanes) is 14. The van der Waals surface area contributed by atoms with E-state index in [1.54, 1.807) is 6.08 Å². The van der Waals surface area contributed by atoms with Crippen molar-refractivity contribution in [2.75, 3.05) is 26.4 Å². The lowest BCUT2D eigenvalue weighted by atomic mass is 9.96. The number of rotatable bonds is 32. The summed E-state index contributed by atoms with van der Waals surface area (Å²) < 4.78 is 34.0. The average Bonchev–Trinajstić information content (AvgIpc) is 3.30. The molecule has 1 amide bonds. The van der Waals surface area contributed by atoms with Crippen LogP contribution in [0.25, 0.3) is 0 Å². The Kier molecular flexibility index (Phi) is 28.5. The van der Waals surface area contributed by atoms with E-state index >= 15 is 0 Å². The molecule has 0 aromatic heterocycles. The monoisotopic (exact) mass is 938 g/mol. The van der Waals surface area contributed by atoms with Crippen LogP contribution in [0.1, 0.15) is 129 Å². The molecular weight excluding hydrogens is 854 g/mol. The second-order valence-corrected chi connectivity index (χ2v) is 17.6. The van der Waals surface area contributed by atoms with Gasteiger partial charge in [0.15, 0.2) is 18.9 Å². The zero-order valence-corrected chi connectivity index (χ0v) is 38.5. The molecule has 0 aromatic rings. The Morgan fingerprint density at radius 3 is 1.54 bits per heavy atom. The molecule has 380 valence electrons. The molecule has 0 saturated carbocycles. The van der Waals surface area contributed by atoms with Crippen molar-refractivity contribution in [2.45, 2.75) is 234 Å². The standard InChI is InChI=1S/C46H83NO18/c1-3-5-7-9-11-12-13-14-15-16-18-19-21-23-30(51)29(47-34(52)24-22-20-17-10-8-6-4-2)28-60-44-40(58)37(55)42(32(26-49)62-44)65-46-41(59)38(56)43(33(27-50)63-46)64-45-39(57)36(54)35(53)31(25-48)61-45/h15-16,21,23,29-33,35-46,48-51,53-59H,3-14,17-20,22,24-28H2,1-2H3,(H,47,52)/b16-15+,23-21+. The SMILES string of the molecule is CCCCCCCCC/C=C/CC/C=C/C(O)C(COC1OC(CO)C(OC2OC(CO)C(OC3OC(CO)C(O)C(O)C3O)C(O)C2O)C(O)C1O)NC(=O)CCCCCCCCC. The first-order chi connectivity index (χ1) is 31.3. The van der Waals surface area contributed by atoms with Crippen LogP contribution in [0.5, 0.6) is 0 Å². The smallest absolute Gasteiger partial charge is 0.220 e. The van der Waals surface area contributed by atoms with Crippen LogP contribution in [0.3, 0.4) is 0 Å². The van der Waals surface area contributed by atoms with Gasteiger partial charge in [0.1, 0.15) is 73.2 Å². The lowest BCUT2D eigenvalue weighted by molar-refractivity contribution is -0.379. The van der Waals surface area contributed by atoms with Gasteiger partial charge in [-0.3, -0.25) is 4.79 Å². The Morgan fingerprint density at radius 2 is 0.985 bits per heavy atom. The number of allylic oxidation sites excluding steroid dienone is 3. The van der Waals surface area contributed by atoms with Gasteiger partial charge in [0.05, 0.1) is 38.6 Å². The summed E-state index contributed by atoms with van der Waals surface area (Å²) in [5.74, 6) is -0.296. The molecule has 0 radical (unpaired) electrons.